The molecule has 0 spiro atoms. The van der Waals surface area contributed by atoms with Crippen LogP contribution in [-0.2, 0) is 9.09 Å². The highest BCUT2D eigenvalue weighted by atomic mass is 31.2. The number of unbranched alkanes of at least 4 members (excludes halogenated alkanes) is 8. The monoisotopic (exact) mass is 418 g/mol. The van der Waals surface area contributed by atoms with Crippen molar-refractivity contribution in [3.63, 3.8) is 0 Å². The molecule has 0 saturated heterocycles. The summed E-state index contributed by atoms with van der Waals surface area (Å²) in [4.78, 5) is 18.1. The summed E-state index contributed by atoms with van der Waals surface area (Å²) >= 11 is 0. The molecule has 0 radical (unpaired) electrons. The second-order valence-corrected chi connectivity index (χ2v) is 9.89. The zero-order chi connectivity index (χ0) is 21.3. The summed E-state index contributed by atoms with van der Waals surface area (Å²) < 4.78 is 16.7. The topological polar surface area (TPSA) is 66.8 Å². The lowest BCUT2D eigenvalue weighted by Gasteiger charge is -2.29. The SMILES string of the molecule is CCCCCC/C=C\CCCCC/C=C\CCC(C[N+](C)(C)C)OP(=O)(O)O. The molecule has 166 valence electrons. The van der Waals surface area contributed by atoms with Crippen LogP contribution in [0.1, 0.15) is 84.0 Å². The Kier molecular flexibility index (Phi) is 16.1. The van der Waals surface area contributed by atoms with E-state index in [9.17, 15) is 4.57 Å². The largest absolute Gasteiger partial charge is 0.470 e. The van der Waals surface area contributed by atoms with Crippen molar-refractivity contribution in [2.75, 3.05) is 27.7 Å². The fourth-order valence-electron chi connectivity index (χ4n) is 3.13. The van der Waals surface area contributed by atoms with E-state index in [0.717, 1.165) is 12.8 Å². The van der Waals surface area contributed by atoms with E-state index in [2.05, 4.69) is 31.2 Å². The number of rotatable bonds is 18. The summed E-state index contributed by atoms with van der Waals surface area (Å²) in [5, 5.41) is 0. The molecule has 0 aliphatic carbocycles. The van der Waals surface area contributed by atoms with Crippen LogP contribution in [0.3, 0.4) is 0 Å². The molecule has 0 bridgehead atoms. The van der Waals surface area contributed by atoms with E-state index < -0.39 is 13.9 Å². The number of hydrogen-bond acceptors (Lipinski definition) is 2. The van der Waals surface area contributed by atoms with Crippen LogP contribution in [0.4, 0.5) is 0 Å². The Hall–Kier alpha value is -0.450. The van der Waals surface area contributed by atoms with Crippen LogP contribution in [0.5, 0.6) is 0 Å². The number of quaternary nitrogens is 1. The molecule has 1 atom stereocenters. The number of nitrogens with zero attached hydrogens (tertiary/aromatic N) is 1. The molecule has 0 amide bonds. The van der Waals surface area contributed by atoms with Crippen molar-refractivity contribution < 1.29 is 23.4 Å². The van der Waals surface area contributed by atoms with Gasteiger partial charge in [0.25, 0.3) is 0 Å². The van der Waals surface area contributed by atoms with Gasteiger partial charge in [-0.15, -0.1) is 0 Å². The lowest BCUT2D eigenvalue weighted by Crippen LogP contribution is -2.42. The van der Waals surface area contributed by atoms with Crippen LogP contribution in [-0.4, -0.2) is 48.1 Å². The molecule has 28 heavy (non-hydrogen) atoms. The zero-order valence-corrected chi connectivity index (χ0v) is 19.6. The Morgan fingerprint density at radius 3 is 1.71 bits per heavy atom. The minimum Gasteiger partial charge on any atom is -0.329 e. The Labute approximate surface area is 173 Å². The molecule has 0 aromatic carbocycles. The molecule has 0 aliphatic heterocycles. The fourth-order valence-corrected chi connectivity index (χ4v) is 3.69. The summed E-state index contributed by atoms with van der Waals surface area (Å²) in [6.45, 7) is 2.82. The quantitative estimate of drug-likeness (QED) is 0.124. The van der Waals surface area contributed by atoms with Crippen LogP contribution < -0.4 is 0 Å². The van der Waals surface area contributed by atoms with Gasteiger partial charge in [0, 0.05) is 0 Å². The third kappa shape index (κ3) is 21.8. The average molecular weight is 419 g/mol. The highest BCUT2D eigenvalue weighted by molar-refractivity contribution is 7.46. The highest BCUT2D eigenvalue weighted by Gasteiger charge is 2.26. The lowest BCUT2D eigenvalue weighted by atomic mass is 10.1. The van der Waals surface area contributed by atoms with Gasteiger partial charge in [-0.25, -0.2) is 4.57 Å². The Morgan fingerprint density at radius 2 is 1.29 bits per heavy atom. The first kappa shape index (κ1) is 27.5. The molecule has 5 nitrogen and oxygen atoms in total. The van der Waals surface area contributed by atoms with Gasteiger partial charge in [0.2, 0.25) is 0 Å². The van der Waals surface area contributed by atoms with Crippen LogP contribution >= 0.6 is 7.82 Å². The van der Waals surface area contributed by atoms with E-state index in [1.54, 1.807) is 0 Å². The van der Waals surface area contributed by atoms with E-state index >= 15 is 0 Å². The summed E-state index contributed by atoms with van der Waals surface area (Å²) in [6, 6.07) is 0. The van der Waals surface area contributed by atoms with E-state index in [-0.39, 0.29) is 0 Å². The van der Waals surface area contributed by atoms with Gasteiger partial charge in [0.15, 0.2) is 0 Å². The van der Waals surface area contributed by atoms with Gasteiger partial charge in [0.1, 0.15) is 12.6 Å². The molecule has 0 heterocycles. The van der Waals surface area contributed by atoms with E-state index in [0.29, 0.717) is 17.4 Å². The molecular formula is C22H45NO4P+. The lowest BCUT2D eigenvalue weighted by molar-refractivity contribution is -0.873. The van der Waals surface area contributed by atoms with Crippen LogP contribution in [0, 0.1) is 0 Å². The molecule has 1 unspecified atom stereocenters. The number of likely N-dealkylation sites (N-methyl/N-ethyl adjacent to an activating group) is 1. The smallest absolute Gasteiger partial charge is 0.329 e. The minimum atomic E-state index is -4.44. The maximum Gasteiger partial charge on any atom is 0.470 e. The van der Waals surface area contributed by atoms with Gasteiger partial charge in [-0.1, -0.05) is 56.9 Å². The summed E-state index contributed by atoms with van der Waals surface area (Å²) in [6.07, 6.45) is 22.4. The third-order valence-corrected chi connectivity index (χ3v) is 5.07. The third-order valence-electron chi connectivity index (χ3n) is 4.49. The number of phosphoric ester groups is 1. The van der Waals surface area contributed by atoms with Gasteiger partial charge in [0.05, 0.1) is 21.1 Å². The summed E-state index contributed by atoms with van der Waals surface area (Å²) in [5.41, 5.74) is 0. The van der Waals surface area contributed by atoms with Crippen molar-refractivity contribution in [2.45, 2.75) is 90.1 Å². The number of hydrogen-bond donors (Lipinski definition) is 2. The molecule has 2 N–H and O–H groups in total. The van der Waals surface area contributed by atoms with Crippen molar-refractivity contribution in [2.24, 2.45) is 0 Å². The Balaban J connectivity index is 3.76. The van der Waals surface area contributed by atoms with Gasteiger partial charge in [-0.2, -0.15) is 0 Å². The molecule has 0 saturated carbocycles. The van der Waals surface area contributed by atoms with Crippen LogP contribution in [0.25, 0.3) is 0 Å². The number of phosphoric acid groups is 1. The predicted molar refractivity (Wildman–Crippen MR) is 119 cm³/mol. The van der Waals surface area contributed by atoms with Gasteiger partial charge in [-0.05, 0) is 51.4 Å². The average Bonchev–Trinajstić information content (AvgIpc) is 2.55. The van der Waals surface area contributed by atoms with Gasteiger partial charge < -0.3 is 14.3 Å². The standard InChI is InChI=1S/C22H44NO4P/c1-5-6-7-8-9-10-11-12-13-14-15-16-17-18-19-20-22(21-23(2,3)4)27-28(24,25)26/h10-11,17-18,22H,5-9,12-16,19-21H2,1-4H3,(H-,24,25,26)/p+1/b11-10-,18-17-. The second-order valence-electron chi connectivity index (χ2n) is 8.70. The second kappa shape index (κ2) is 16.4. The maximum atomic E-state index is 11.1. The molecular weight excluding hydrogens is 373 g/mol. The Morgan fingerprint density at radius 1 is 0.821 bits per heavy atom. The molecule has 0 aromatic rings. The first-order chi connectivity index (χ1) is 13.1. The van der Waals surface area contributed by atoms with Crippen molar-refractivity contribution in [3.05, 3.63) is 24.3 Å². The fraction of sp³-hybridized carbons (Fsp3) is 0.818. The summed E-state index contributed by atoms with van der Waals surface area (Å²) in [5.74, 6) is 0. The highest BCUT2D eigenvalue weighted by Crippen LogP contribution is 2.38. The van der Waals surface area contributed by atoms with Gasteiger partial charge in [-0.3, -0.25) is 4.52 Å². The first-order valence-electron chi connectivity index (χ1n) is 11.0. The molecule has 0 fully saturated rings. The normalized spacial score (nSPS) is 14.4. The minimum absolute atomic E-state index is 0.431. The van der Waals surface area contributed by atoms with Crippen molar-refractivity contribution in [1.82, 2.24) is 0 Å². The van der Waals surface area contributed by atoms with E-state index in [1.807, 2.05) is 21.1 Å². The van der Waals surface area contributed by atoms with Crippen molar-refractivity contribution in [1.29, 1.82) is 0 Å². The van der Waals surface area contributed by atoms with E-state index in [1.165, 1.54) is 57.8 Å². The van der Waals surface area contributed by atoms with Crippen LogP contribution in [0.15, 0.2) is 24.3 Å². The molecule has 0 rings (SSSR count). The first-order valence-corrected chi connectivity index (χ1v) is 12.5. The zero-order valence-electron chi connectivity index (χ0n) is 18.7. The van der Waals surface area contributed by atoms with Crippen molar-refractivity contribution >= 4 is 7.82 Å². The van der Waals surface area contributed by atoms with Crippen LogP contribution in [0.2, 0.25) is 0 Å². The molecule has 6 heteroatoms. The van der Waals surface area contributed by atoms with E-state index in [4.69, 9.17) is 14.3 Å². The Bertz CT molecular complexity index is 466. The molecule has 0 aromatic heterocycles. The predicted octanol–water partition coefficient (Wildman–Crippen LogP) is 5.98. The summed E-state index contributed by atoms with van der Waals surface area (Å²) in [7, 11) is 1.54. The maximum absolute atomic E-state index is 11.1. The van der Waals surface area contributed by atoms with Crippen molar-refractivity contribution in [3.8, 4) is 0 Å². The number of allylic oxidation sites excluding steroid dienone is 4. The molecule has 0 aliphatic rings. The van der Waals surface area contributed by atoms with Gasteiger partial charge >= 0.3 is 7.82 Å².